The van der Waals surface area contributed by atoms with E-state index in [0.717, 1.165) is 12.8 Å². The number of benzene rings is 1. The highest BCUT2D eigenvalue weighted by molar-refractivity contribution is 6.37. The van der Waals surface area contributed by atoms with Gasteiger partial charge in [-0.2, -0.15) is 10.4 Å². The second-order valence-corrected chi connectivity index (χ2v) is 7.65. The Morgan fingerprint density at radius 3 is 2.82 bits per heavy atom. The van der Waals surface area contributed by atoms with Crippen LogP contribution >= 0.6 is 0 Å². The molecule has 1 saturated carbocycles. The van der Waals surface area contributed by atoms with Gasteiger partial charge < -0.3 is 16.1 Å². The van der Waals surface area contributed by atoms with Crippen molar-refractivity contribution in [1.82, 2.24) is 14.5 Å². The number of nitriles is 1. The highest BCUT2D eigenvalue weighted by Crippen LogP contribution is 2.33. The minimum Gasteiger partial charge on any atom is -0.381 e. The Hall–Kier alpha value is -4.39. The molecule has 1 aliphatic carbocycles. The van der Waals surface area contributed by atoms with E-state index in [1.807, 2.05) is 0 Å². The lowest BCUT2D eigenvalue weighted by Gasteiger charge is -2.10. The minimum atomic E-state index is -0.890. The lowest BCUT2D eigenvalue weighted by molar-refractivity contribution is 0.617. The molecule has 1 aromatic carbocycles. The van der Waals surface area contributed by atoms with E-state index >= 15 is 0 Å². The highest BCUT2D eigenvalue weighted by atomic mass is 19.1. The standard InChI is InChI=1S/C23H21FN8O/c1-13-14(10-25)4-2-6-17(13)22-29-20(19(24)21(26)30-22)18(31-27)12-28-11-15-5-3-9-32(23(15)33)16-7-8-16/h2-6,9,12,16H,7-8,11,27H2,1H3,(H2,26,29,30). The number of halogens is 1. The van der Waals surface area contributed by atoms with Gasteiger partial charge in [0.15, 0.2) is 17.5 Å². The quantitative estimate of drug-likeness (QED) is 0.339. The van der Waals surface area contributed by atoms with Crippen molar-refractivity contribution in [2.45, 2.75) is 32.4 Å². The molecule has 1 aliphatic rings. The fourth-order valence-electron chi connectivity index (χ4n) is 3.46. The van der Waals surface area contributed by atoms with E-state index in [4.69, 9.17) is 11.6 Å². The van der Waals surface area contributed by atoms with Crippen LogP contribution < -0.4 is 17.1 Å². The van der Waals surface area contributed by atoms with Crippen molar-refractivity contribution in [3.63, 3.8) is 0 Å². The normalized spacial score (nSPS) is 13.9. The maximum absolute atomic E-state index is 14.8. The summed E-state index contributed by atoms with van der Waals surface area (Å²) in [7, 11) is 0. The first-order chi connectivity index (χ1) is 15.9. The summed E-state index contributed by atoms with van der Waals surface area (Å²) >= 11 is 0. The Morgan fingerprint density at radius 2 is 2.12 bits per heavy atom. The summed E-state index contributed by atoms with van der Waals surface area (Å²) in [4.78, 5) is 25.1. The minimum absolute atomic E-state index is 0.0598. The number of hydrazone groups is 1. The Kier molecular flexibility index (Phi) is 5.95. The molecule has 0 atom stereocenters. The number of nitrogens with zero attached hydrogens (tertiary/aromatic N) is 6. The largest absolute Gasteiger partial charge is 0.381 e. The molecule has 0 unspecified atom stereocenters. The van der Waals surface area contributed by atoms with Crippen molar-refractivity contribution < 1.29 is 4.39 Å². The third-order valence-electron chi connectivity index (χ3n) is 5.42. The van der Waals surface area contributed by atoms with E-state index < -0.39 is 5.82 Å². The van der Waals surface area contributed by atoms with Crippen LogP contribution in [0.3, 0.4) is 0 Å². The van der Waals surface area contributed by atoms with E-state index in [1.54, 1.807) is 48.0 Å². The van der Waals surface area contributed by atoms with Crippen LogP contribution in [0.25, 0.3) is 11.4 Å². The maximum atomic E-state index is 14.8. The Labute approximate surface area is 188 Å². The lowest BCUT2D eigenvalue weighted by Crippen LogP contribution is -2.22. The van der Waals surface area contributed by atoms with Crippen LogP contribution in [-0.2, 0) is 6.54 Å². The van der Waals surface area contributed by atoms with Gasteiger partial charge >= 0.3 is 0 Å². The summed E-state index contributed by atoms with van der Waals surface area (Å²) in [6, 6.07) is 10.9. The molecular weight excluding hydrogens is 423 g/mol. The first-order valence-corrected chi connectivity index (χ1v) is 10.3. The van der Waals surface area contributed by atoms with Crippen molar-refractivity contribution in [2.24, 2.45) is 15.9 Å². The van der Waals surface area contributed by atoms with Gasteiger partial charge in [-0.1, -0.05) is 18.2 Å². The fraction of sp³-hybridized carbons (Fsp3) is 0.217. The number of hydrogen-bond donors (Lipinski definition) is 2. The highest BCUT2D eigenvalue weighted by Gasteiger charge is 2.24. The molecule has 3 aromatic rings. The summed E-state index contributed by atoms with van der Waals surface area (Å²) in [5.41, 5.74) is 7.50. The van der Waals surface area contributed by atoms with Gasteiger partial charge in [-0.15, -0.1) is 0 Å². The van der Waals surface area contributed by atoms with Crippen LogP contribution in [0.1, 0.15) is 41.3 Å². The van der Waals surface area contributed by atoms with Gasteiger partial charge in [0, 0.05) is 23.4 Å². The summed E-state index contributed by atoms with van der Waals surface area (Å²) in [6.45, 7) is 1.81. The van der Waals surface area contributed by atoms with Crippen LogP contribution in [0.5, 0.6) is 0 Å². The second kappa shape index (κ2) is 9.00. The smallest absolute Gasteiger partial charge is 0.255 e. The predicted molar refractivity (Wildman–Crippen MR) is 123 cm³/mol. The van der Waals surface area contributed by atoms with Crippen LogP contribution in [0.4, 0.5) is 10.2 Å². The number of hydrogen-bond acceptors (Lipinski definition) is 8. The molecule has 166 valence electrons. The topological polar surface area (TPSA) is 148 Å². The van der Waals surface area contributed by atoms with E-state index in [9.17, 15) is 14.4 Å². The van der Waals surface area contributed by atoms with Gasteiger partial charge in [0.05, 0.1) is 24.4 Å². The van der Waals surface area contributed by atoms with Crippen molar-refractivity contribution in [3.05, 3.63) is 75.1 Å². The number of pyridine rings is 1. The molecule has 0 bridgehead atoms. The van der Waals surface area contributed by atoms with Gasteiger partial charge in [-0.05, 0) is 37.5 Å². The average molecular weight is 444 g/mol. The molecule has 1 fully saturated rings. The lowest BCUT2D eigenvalue weighted by atomic mass is 10.0. The van der Waals surface area contributed by atoms with Gasteiger partial charge in [-0.25, -0.2) is 14.4 Å². The number of anilines is 1. The number of nitrogens with two attached hydrogens (primary N) is 2. The zero-order valence-electron chi connectivity index (χ0n) is 17.9. The third kappa shape index (κ3) is 4.34. The molecule has 0 radical (unpaired) electrons. The molecule has 0 aliphatic heterocycles. The summed E-state index contributed by atoms with van der Waals surface area (Å²) in [6.07, 6.45) is 5.00. The monoisotopic (exact) mass is 444 g/mol. The molecule has 0 spiro atoms. The molecule has 33 heavy (non-hydrogen) atoms. The number of nitrogen functional groups attached to an aromatic ring is 1. The van der Waals surface area contributed by atoms with Gasteiger partial charge in [0.1, 0.15) is 11.4 Å². The van der Waals surface area contributed by atoms with E-state index in [2.05, 4.69) is 26.1 Å². The zero-order valence-corrected chi connectivity index (χ0v) is 17.9. The Balaban J connectivity index is 1.66. The van der Waals surface area contributed by atoms with Gasteiger partial charge in [0.25, 0.3) is 5.56 Å². The van der Waals surface area contributed by atoms with E-state index in [0.29, 0.717) is 22.3 Å². The first-order valence-electron chi connectivity index (χ1n) is 10.3. The SMILES string of the molecule is Cc1c(C#N)cccc1-c1nc(N)c(F)c(C(C=NCc2cccn(C3CC3)c2=O)=NN)n1. The van der Waals surface area contributed by atoms with Crippen LogP contribution in [0, 0.1) is 24.1 Å². The van der Waals surface area contributed by atoms with Gasteiger partial charge in [-0.3, -0.25) is 9.79 Å². The molecule has 4 rings (SSSR count). The average Bonchev–Trinajstić information content (AvgIpc) is 3.65. The second-order valence-electron chi connectivity index (χ2n) is 7.65. The molecule has 2 heterocycles. The Bertz CT molecular complexity index is 1380. The van der Waals surface area contributed by atoms with Gasteiger partial charge in [0.2, 0.25) is 0 Å². The number of aromatic nitrogens is 3. The van der Waals surface area contributed by atoms with Crippen LogP contribution in [0.15, 0.2) is 51.4 Å². The van der Waals surface area contributed by atoms with Crippen molar-refractivity contribution in [1.29, 1.82) is 5.26 Å². The number of aliphatic imine (C=N–C) groups is 1. The fourth-order valence-corrected chi connectivity index (χ4v) is 3.46. The summed E-state index contributed by atoms with van der Waals surface area (Å²) in [5.74, 6) is 4.34. The van der Waals surface area contributed by atoms with Crippen molar-refractivity contribution in [2.75, 3.05) is 5.73 Å². The first kappa shape index (κ1) is 21.8. The zero-order chi connectivity index (χ0) is 23.5. The van der Waals surface area contributed by atoms with Crippen molar-refractivity contribution >= 4 is 17.7 Å². The molecule has 0 saturated heterocycles. The maximum Gasteiger partial charge on any atom is 0.255 e. The predicted octanol–water partition coefficient (Wildman–Crippen LogP) is 2.48. The van der Waals surface area contributed by atoms with E-state index in [1.165, 1.54) is 6.21 Å². The molecule has 9 nitrogen and oxygen atoms in total. The molecular formula is C23H21FN8O. The van der Waals surface area contributed by atoms with Crippen molar-refractivity contribution in [3.8, 4) is 17.5 Å². The summed E-state index contributed by atoms with van der Waals surface area (Å²) in [5, 5.41) is 12.9. The van der Waals surface area contributed by atoms with Crippen LogP contribution in [0.2, 0.25) is 0 Å². The third-order valence-corrected chi connectivity index (χ3v) is 5.42. The molecule has 10 heteroatoms. The molecule has 2 aromatic heterocycles. The Morgan fingerprint density at radius 1 is 1.33 bits per heavy atom. The molecule has 0 amide bonds. The van der Waals surface area contributed by atoms with E-state index in [-0.39, 0.29) is 41.2 Å². The molecule has 4 N–H and O–H groups in total. The van der Waals surface area contributed by atoms with Crippen LogP contribution in [-0.4, -0.2) is 26.5 Å². The summed E-state index contributed by atoms with van der Waals surface area (Å²) < 4.78 is 16.5. The number of rotatable bonds is 6.